The molecule has 2 bridgehead atoms. The Morgan fingerprint density at radius 3 is 2.70 bits per heavy atom. The summed E-state index contributed by atoms with van der Waals surface area (Å²) in [6.45, 7) is 3.95. The van der Waals surface area contributed by atoms with Crippen molar-refractivity contribution in [2.75, 3.05) is 13.1 Å². The van der Waals surface area contributed by atoms with Crippen LogP contribution < -0.4 is 0 Å². The second kappa shape index (κ2) is 4.46. The van der Waals surface area contributed by atoms with Crippen LogP contribution in [0.15, 0.2) is 0 Å². The normalized spacial score (nSPS) is 46.9. The van der Waals surface area contributed by atoms with Crippen LogP contribution >= 0.6 is 15.9 Å². The Morgan fingerprint density at radius 2 is 2.00 bits per heavy atom. The van der Waals surface area contributed by atoms with Gasteiger partial charge in [0.1, 0.15) is 6.10 Å². The zero-order valence-corrected chi connectivity index (χ0v) is 13.2. The lowest BCUT2D eigenvalue weighted by Crippen LogP contribution is -2.47. The number of nitrogens with zero attached hydrogens (tertiary/aromatic N) is 1. The quantitative estimate of drug-likeness (QED) is 0.539. The van der Waals surface area contributed by atoms with Crippen LogP contribution in [0.4, 0.5) is 0 Å². The van der Waals surface area contributed by atoms with Gasteiger partial charge in [-0.15, -0.1) is 0 Å². The van der Waals surface area contributed by atoms with Crippen molar-refractivity contribution >= 4 is 27.8 Å². The average molecular weight is 342 g/mol. The van der Waals surface area contributed by atoms with E-state index in [4.69, 9.17) is 4.74 Å². The van der Waals surface area contributed by atoms with Gasteiger partial charge in [-0.25, -0.2) is 0 Å². The number of amides is 1. The van der Waals surface area contributed by atoms with E-state index in [1.165, 1.54) is 0 Å². The number of likely N-dealkylation sites (tertiary alicyclic amines) is 1. The molecule has 2 heterocycles. The Labute approximate surface area is 127 Å². The molecule has 0 spiro atoms. The first-order chi connectivity index (χ1) is 9.58. The maximum Gasteiger partial charge on any atom is 0.310 e. The summed E-state index contributed by atoms with van der Waals surface area (Å²) in [5, 5.41) is 0. The van der Waals surface area contributed by atoms with Crippen LogP contribution in [-0.2, 0) is 14.3 Å². The Bertz CT molecular complexity index is 460. The van der Waals surface area contributed by atoms with E-state index in [-0.39, 0.29) is 46.5 Å². The van der Waals surface area contributed by atoms with Crippen LogP contribution in [0.2, 0.25) is 0 Å². The Morgan fingerprint density at radius 1 is 1.30 bits per heavy atom. The molecule has 4 rings (SSSR count). The minimum absolute atomic E-state index is 0.0166. The minimum atomic E-state index is -0.161. The third-order valence-electron chi connectivity index (χ3n) is 5.90. The van der Waals surface area contributed by atoms with Crippen LogP contribution in [-0.4, -0.2) is 40.8 Å². The molecular formula is C15H20BrNO3. The van der Waals surface area contributed by atoms with Crippen LogP contribution in [0, 0.1) is 29.6 Å². The van der Waals surface area contributed by atoms with Crippen molar-refractivity contribution in [1.82, 2.24) is 4.90 Å². The SMILES string of the molecule is CC1CCN(C(=O)C2C3CC4C(OC(=O)C42)C3Br)CC1. The summed E-state index contributed by atoms with van der Waals surface area (Å²) in [7, 11) is 0. The van der Waals surface area contributed by atoms with Crippen molar-refractivity contribution < 1.29 is 14.3 Å². The van der Waals surface area contributed by atoms with Gasteiger partial charge in [-0.1, -0.05) is 22.9 Å². The predicted octanol–water partition coefficient (Wildman–Crippen LogP) is 1.82. The fourth-order valence-corrected chi connectivity index (χ4v) is 5.79. The molecule has 6 atom stereocenters. The van der Waals surface area contributed by atoms with E-state index in [0.29, 0.717) is 5.92 Å². The molecule has 2 saturated carbocycles. The number of hydrogen-bond donors (Lipinski definition) is 0. The molecule has 6 unspecified atom stereocenters. The molecule has 2 aliphatic carbocycles. The van der Waals surface area contributed by atoms with Crippen molar-refractivity contribution in [3.63, 3.8) is 0 Å². The molecule has 5 heteroatoms. The second-order valence-corrected chi connectivity index (χ2v) is 8.03. The summed E-state index contributed by atoms with van der Waals surface area (Å²) in [5.74, 6) is 1.05. The molecule has 110 valence electrons. The summed E-state index contributed by atoms with van der Waals surface area (Å²) in [6, 6.07) is 0. The molecule has 4 aliphatic rings. The van der Waals surface area contributed by atoms with E-state index in [9.17, 15) is 9.59 Å². The van der Waals surface area contributed by atoms with Gasteiger partial charge in [-0.2, -0.15) is 0 Å². The van der Waals surface area contributed by atoms with Crippen molar-refractivity contribution in [2.45, 2.75) is 37.1 Å². The maximum absolute atomic E-state index is 12.9. The number of halogens is 1. The molecule has 0 aromatic carbocycles. The second-order valence-electron chi connectivity index (χ2n) is 6.97. The summed E-state index contributed by atoms with van der Waals surface area (Å²) in [4.78, 5) is 27.1. The molecule has 0 radical (unpaired) electrons. The monoisotopic (exact) mass is 341 g/mol. The van der Waals surface area contributed by atoms with E-state index < -0.39 is 0 Å². The largest absolute Gasteiger partial charge is 0.461 e. The molecule has 1 amide bonds. The highest BCUT2D eigenvalue weighted by atomic mass is 79.9. The Kier molecular flexibility index (Phi) is 2.92. The predicted molar refractivity (Wildman–Crippen MR) is 76.2 cm³/mol. The smallest absolute Gasteiger partial charge is 0.310 e. The van der Waals surface area contributed by atoms with Gasteiger partial charge < -0.3 is 9.64 Å². The number of piperidine rings is 1. The molecule has 0 aromatic rings. The minimum Gasteiger partial charge on any atom is -0.461 e. The zero-order chi connectivity index (χ0) is 14.0. The highest BCUT2D eigenvalue weighted by molar-refractivity contribution is 9.09. The van der Waals surface area contributed by atoms with Gasteiger partial charge in [0.05, 0.1) is 16.7 Å². The summed E-state index contributed by atoms with van der Waals surface area (Å²) in [6.07, 6.45) is 3.16. The molecule has 2 saturated heterocycles. The topological polar surface area (TPSA) is 46.6 Å². The van der Waals surface area contributed by atoms with E-state index in [2.05, 4.69) is 22.9 Å². The molecular weight excluding hydrogens is 322 g/mol. The number of ether oxygens (including phenoxy) is 1. The van der Waals surface area contributed by atoms with Gasteiger partial charge in [0.25, 0.3) is 0 Å². The maximum atomic E-state index is 12.9. The molecule has 20 heavy (non-hydrogen) atoms. The van der Waals surface area contributed by atoms with Crippen LogP contribution in [0.3, 0.4) is 0 Å². The van der Waals surface area contributed by atoms with Gasteiger partial charge in [0.2, 0.25) is 5.91 Å². The molecule has 4 nitrogen and oxygen atoms in total. The van der Waals surface area contributed by atoms with E-state index in [0.717, 1.165) is 32.4 Å². The molecule has 2 aliphatic heterocycles. The lowest BCUT2D eigenvalue weighted by molar-refractivity contribution is -0.148. The Hall–Kier alpha value is -0.580. The van der Waals surface area contributed by atoms with Gasteiger partial charge in [0, 0.05) is 19.0 Å². The number of rotatable bonds is 1. The number of esters is 1. The number of carbonyl (C=O) groups is 2. The van der Waals surface area contributed by atoms with E-state index in [1.807, 2.05) is 4.90 Å². The fraction of sp³-hybridized carbons (Fsp3) is 0.867. The van der Waals surface area contributed by atoms with Crippen LogP contribution in [0.25, 0.3) is 0 Å². The fourth-order valence-electron chi connectivity index (χ4n) is 4.75. The zero-order valence-electron chi connectivity index (χ0n) is 11.6. The molecule has 0 N–H and O–H groups in total. The van der Waals surface area contributed by atoms with Gasteiger partial charge in [-0.3, -0.25) is 9.59 Å². The van der Waals surface area contributed by atoms with Crippen LogP contribution in [0.1, 0.15) is 26.2 Å². The average Bonchev–Trinajstić information content (AvgIpc) is 3.03. The van der Waals surface area contributed by atoms with Gasteiger partial charge in [0.15, 0.2) is 0 Å². The standard InChI is InChI=1S/C15H20BrNO3/c1-7-2-4-17(5-3-7)14(18)10-8-6-9-11(10)15(19)20-13(9)12(8)16/h7-13H,2-6H2,1H3. The highest BCUT2D eigenvalue weighted by Gasteiger charge is 2.68. The lowest BCUT2D eigenvalue weighted by Gasteiger charge is -2.36. The number of alkyl halides is 1. The molecule has 4 fully saturated rings. The third kappa shape index (κ3) is 1.65. The first kappa shape index (κ1) is 13.1. The summed E-state index contributed by atoms with van der Waals surface area (Å²) < 4.78 is 5.48. The van der Waals surface area contributed by atoms with Crippen molar-refractivity contribution in [3.8, 4) is 0 Å². The first-order valence-corrected chi connectivity index (χ1v) is 8.63. The number of hydrogen-bond acceptors (Lipinski definition) is 3. The van der Waals surface area contributed by atoms with Crippen LogP contribution in [0.5, 0.6) is 0 Å². The van der Waals surface area contributed by atoms with E-state index >= 15 is 0 Å². The van der Waals surface area contributed by atoms with Crippen molar-refractivity contribution in [3.05, 3.63) is 0 Å². The third-order valence-corrected chi connectivity index (χ3v) is 7.10. The summed E-state index contributed by atoms with van der Waals surface area (Å²) >= 11 is 3.67. The van der Waals surface area contributed by atoms with Crippen molar-refractivity contribution in [2.24, 2.45) is 29.6 Å². The molecule has 0 aromatic heterocycles. The number of fused-ring (bicyclic) bond motifs is 1. The highest BCUT2D eigenvalue weighted by Crippen LogP contribution is 2.60. The van der Waals surface area contributed by atoms with E-state index in [1.54, 1.807) is 0 Å². The lowest BCUT2D eigenvalue weighted by atomic mass is 9.78. The van der Waals surface area contributed by atoms with Gasteiger partial charge >= 0.3 is 5.97 Å². The number of carbonyl (C=O) groups excluding carboxylic acids is 2. The van der Waals surface area contributed by atoms with Crippen molar-refractivity contribution in [1.29, 1.82) is 0 Å². The first-order valence-electron chi connectivity index (χ1n) is 7.71. The van der Waals surface area contributed by atoms with Gasteiger partial charge in [-0.05, 0) is 31.1 Å². The Balaban J connectivity index is 1.56. The summed E-state index contributed by atoms with van der Waals surface area (Å²) in [5.41, 5.74) is 0.